The predicted octanol–water partition coefficient (Wildman–Crippen LogP) is 6.14. The highest BCUT2D eigenvalue weighted by atomic mass is 32.1. The van der Waals surface area contributed by atoms with E-state index in [1.54, 1.807) is 6.08 Å². The fourth-order valence-corrected chi connectivity index (χ4v) is 3.39. The molecule has 0 spiro atoms. The van der Waals surface area contributed by atoms with E-state index in [-0.39, 0.29) is 11.0 Å². The Labute approximate surface area is 192 Å². The molecule has 3 aromatic carbocycles. The molecule has 0 aliphatic carbocycles. The van der Waals surface area contributed by atoms with Gasteiger partial charge in [-0.1, -0.05) is 50.2 Å². The van der Waals surface area contributed by atoms with Crippen molar-refractivity contribution in [3.05, 3.63) is 90.0 Å². The van der Waals surface area contributed by atoms with Crippen molar-refractivity contribution < 1.29 is 9.21 Å². The number of carbonyl (C=O) groups is 1. The summed E-state index contributed by atoms with van der Waals surface area (Å²) < 4.78 is 5.90. The number of carbonyl (C=O) groups excluding carboxylic acids is 1. The molecule has 0 radical (unpaired) electrons. The van der Waals surface area contributed by atoms with Gasteiger partial charge in [-0.05, 0) is 71.7 Å². The summed E-state index contributed by atoms with van der Waals surface area (Å²) in [6, 6.07) is 23.2. The van der Waals surface area contributed by atoms with Crippen LogP contribution in [0.15, 0.2) is 83.3 Å². The number of oxazole rings is 1. The van der Waals surface area contributed by atoms with Crippen molar-refractivity contribution in [2.24, 2.45) is 0 Å². The Morgan fingerprint density at radius 2 is 1.78 bits per heavy atom. The van der Waals surface area contributed by atoms with Crippen molar-refractivity contribution in [1.82, 2.24) is 10.3 Å². The lowest BCUT2D eigenvalue weighted by atomic mass is 10.0. The molecule has 1 amide bonds. The third-order valence-corrected chi connectivity index (χ3v) is 5.14. The number of benzene rings is 3. The first kappa shape index (κ1) is 21.5. The number of hydrogen-bond donors (Lipinski definition) is 2. The first-order valence-electron chi connectivity index (χ1n) is 10.3. The lowest BCUT2D eigenvalue weighted by molar-refractivity contribution is -0.115. The molecule has 2 N–H and O–H groups in total. The zero-order valence-electron chi connectivity index (χ0n) is 17.8. The molecule has 32 heavy (non-hydrogen) atoms. The number of nitrogens with one attached hydrogen (secondary N) is 2. The fraction of sp³-hybridized carbons (Fsp3) is 0.115. The van der Waals surface area contributed by atoms with Crippen LogP contribution in [0.5, 0.6) is 0 Å². The van der Waals surface area contributed by atoms with E-state index in [2.05, 4.69) is 41.6 Å². The zero-order chi connectivity index (χ0) is 22.5. The van der Waals surface area contributed by atoms with Gasteiger partial charge in [-0.2, -0.15) is 0 Å². The van der Waals surface area contributed by atoms with Crippen LogP contribution in [-0.2, 0) is 4.79 Å². The van der Waals surface area contributed by atoms with Gasteiger partial charge in [0, 0.05) is 17.3 Å². The van der Waals surface area contributed by atoms with Gasteiger partial charge in [0.25, 0.3) is 0 Å². The molecule has 6 heteroatoms. The van der Waals surface area contributed by atoms with Crippen LogP contribution in [0.1, 0.15) is 30.9 Å². The van der Waals surface area contributed by atoms with E-state index < -0.39 is 0 Å². The van der Waals surface area contributed by atoms with Crippen molar-refractivity contribution in [1.29, 1.82) is 0 Å². The maximum atomic E-state index is 12.1. The number of thiocarbonyl (C=S) groups is 1. The van der Waals surface area contributed by atoms with E-state index in [1.165, 1.54) is 11.6 Å². The molecule has 160 valence electrons. The Hall–Kier alpha value is -3.77. The molecule has 0 aliphatic rings. The van der Waals surface area contributed by atoms with E-state index in [1.807, 2.05) is 60.7 Å². The van der Waals surface area contributed by atoms with Gasteiger partial charge in [0.15, 0.2) is 10.7 Å². The number of amides is 1. The lowest BCUT2D eigenvalue weighted by Crippen LogP contribution is -2.32. The van der Waals surface area contributed by atoms with Crippen LogP contribution in [0.2, 0.25) is 0 Å². The van der Waals surface area contributed by atoms with Gasteiger partial charge in [-0.25, -0.2) is 4.98 Å². The maximum absolute atomic E-state index is 12.1. The second-order valence-electron chi connectivity index (χ2n) is 7.67. The lowest BCUT2D eigenvalue weighted by Gasteiger charge is -2.08. The highest BCUT2D eigenvalue weighted by Gasteiger charge is 2.10. The molecular formula is C26H23N3O2S. The van der Waals surface area contributed by atoms with Crippen molar-refractivity contribution in [3.8, 4) is 11.5 Å². The molecule has 0 atom stereocenters. The van der Waals surface area contributed by atoms with Gasteiger partial charge in [0.05, 0.1) is 0 Å². The average Bonchev–Trinajstić information content (AvgIpc) is 3.22. The van der Waals surface area contributed by atoms with Crippen LogP contribution in [0.25, 0.3) is 28.6 Å². The van der Waals surface area contributed by atoms with Gasteiger partial charge in [0.2, 0.25) is 11.8 Å². The average molecular weight is 442 g/mol. The van der Waals surface area contributed by atoms with Crippen molar-refractivity contribution in [2.75, 3.05) is 5.32 Å². The van der Waals surface area contributed by atoms with Crippen LogP contribution in [0, 0.1) is 0 Å². The Morgan fingerprint density at radius 1 is 1.03 bits per heavy atom. The second kappa shape index (κ2) is 9.58. The SMILES string of the molecule is CC(C)c1ccc2oc(-c3ccc(NC(=S)NC(=O)C=Cc4ccccc4)cc3)nc2c1. The van der Waals surface area contributed by atoms with Crippen molar-refractivity contribution in [3.63, 3.8) is 0 Å². The first-order valence-corrected chi connectivity index (χ1v) is 10.7. The smallest absolute Gasteiger partial charge is 0.250 e. The van der Waals surface area contributed by atoms with Gasteiger partial charge in [-0.3, -0.25) is 10.1 Å². The molecule has 4 rings (SSSR count). The third kappa shape index (κ3) is 5.28. The van der Waals surface area contributed by atoms with Gasteiger partial charge in [-0.15, -0.1) is 0 Å². The normalized spacial score (nSPS) is 11.2. The summed E-state index contributed by atoms with van der Waals surface area (Å²) >= 11 is 5.24. The second-order valence-corrected chi connectivity index (χ2v) is 8.07. The molecule has 1 heterocycles. The van der Waals surface area contributed by atoms with Crippen molar-refractivity contribution >= 4 is 46.1 Å². The maximum Gasteiger partial charge on any atom is 0.250 e. The topological polar surface area (TPSA) is 67.2 Å². The zero-order valence-corrected chi connectivity index (χ0v) is 18.6. The number of aromatic nitrogens is 1. The van der Waals surface area contributed by atoms with Crippen LogP contribution >= 0.6 is 12.2 Å². The Bertz CT molecular complexity index is 1280. The predicted molar refractivity (Wildman–Crippen MR) is 133 cm³/mol. The minimum absolute atomic E-state index is 0.225. The van der Waals surface area contributed by atoms with Gasteiger partial charge >= 0.3 is 0 Å². The fourth-order valence-electron chi connectivity index (χ4n) is 3.18. The van der Waals surface area contributed by atoms with Crippen molar-refractivity contribution in [2.45, 2.75) is 19.8 Å². The van der Waals surface area contributed by atoms with Crippen LogP contribution in [-0.4, -0.2) is 16.0 Å². The monoisotopic (exact) mass is 441 g/mol. The molecule has 0 aliphatic heterocycles. The van der Waals surface area contributed by atoms with E-state index in [0.717, 1.165) is 27.9 Å². The molecule has 1 aromatic heterocycles. The molecule has 0 fully saturated rings. The summed E-state index contributed by atoms with van der Waals surface area (Å²) in [4.78, 5) is 16.7. The third-order valence-electron chi connectivity index (χ3n) is 4.93. The standard InChI is InChI=1S/C26H23N3O2S/c1-17(2)20-11-14-23-22(16-20)28-25(31-23)19-9-12-21(13-10-19)27-26(32)29-24(30)15-8-18-6-4-3-5-7-18/h3-17H,1-2H3,(H2,27,29,30,32). The van der Waals surface area contributed by atoms with E-state index in [4.69, 9.17) is 16.6 Å². The number of fused-ring (bicyclic) bond motifs is 1. The van der Waals surface area contributed by atoms with Crippen LogP contribution < -0.4 is 10.6 Å². The Kier molecular flexibility index (Phi) is 6.42. The molecule has 0 bridgehead atoms. The molecule has 0 saturated heterocycles. The van der Waals surface area contributed by atoms with E-state index in [0.29, 0.717) is 11.8 Å². The van der Waals surface area contributed by atoms with Crippen LogP contribution in [0.3, 0.4) is 0 Å². The summed E-state index contributed by atoms with van der Waals surface area (Å²) in [6.07, 6.45) is 3.18. The quantitative estimate of drug-likeness (QED) is 0.287. The Morgan fingerprint density at radius 3 is 2.50 bits per heavy atom. The van der Waals surface area contributed by atoms with Gasteiger partial charge in [0.1, 0.15) is 5.52 Å². The molecular weight excluding hydrogens is 418 g/mol. The highest BCUT2D eigenvalue weighted by Crippen LogP contribution is 2.27. The van der Waals surface area contributed by atoms with Gasteiger partial charge < -0.3 is 9.73 Å². The van der Waals surface area contributed by atoms with E-state index in [9.17, 15) is 4.79 Å². The van der Waals surface area contributed by atoms with Crippen LogP contribution in [0.4, 0.5) is 5.69 Å². The minimum Gasteiger partial charge on any atom is -0.436 e. The first-order chi connectivity index (χ1) is 15.5. The number of rotatable bonds is 5. The molecule has 4 aromatic rings. The molecule has 5 nitrogen and oxygen atoms in total. The summed E-state index contributed by atoms with van der Waals surface area (Å²) in [5.41, 5.74) is 5.39. The minimum atomic E-state index is -0.296. The largest absolute Gasteiger partial charge is 0.436 e. The summed E-state index contributed by atoms with van der Waals surface area (Å²) in [7, 11) is 0. The summed E-state index contributed by atoms with van der Waals surface area (Å²) in [5, 5.41) is 5.88. The molecule has 0 unspecified atom stereocenters. The highest BCUT2D eigenvalue weighted by molar-refractivity contribution is 7.80. The Balaban J connectivity index is 1.38. The summed E-state index contributed by atoms with van der Waals surface area (Å²) in [5.74, 6) is 0.702. The number of hydrogen-bond acceptors (Lipinski definition) is 4. The van der Waals surface area contributed by atoms with E-state index >= 15 is 0 Å². The molecule has 0 saturated carbocycles. The summed E-state index contributed by atoms with van der Waals surface area (Å²) in [6.45, 7) is 4.31. The number of anilines is 1. The number of nitrogens with zero attached hydrogens (tertiary/aromatic N) is 1.